The zero-order valence-electron chi connectivity index (χ0n) is 9.90. The molecule has 17 heavy (non-hydrogen) atoms. The zero-order chi connectivity index (χ0) is 12.7. The second-order valence-electron chi connectivity index (χ2n) is 3.80. The molecule has 6 nitrogen and oxygen atoms in total. The largest absolute Gasteiger partial charge is 0.368 e. The van der Waals surface area contributed by atoms with E-state index in [1.165, 1.54) is 12.4 Å². The quantitative estimate of drug-likeness (QED) is 0.780. The van der Waals surface area contributed by atoms with Crippen LogP contribution in [-0.2, 0) is 4.79 Å². The molecule has 0 radical (unpaired) electrons. The Hall–Kier alpha value is -2.16. The zero-order valence-corrected chi connectivity index (χ0v) is 9.90. The Morgan fingerprint density at radius 1 is 1.47 bits per heavy atom. The molecule has 1 heterocycles. The van der Waals surface area contributed by atoms with Crippen LogP contribution in [0, 0.1) is 11.3 Å². The van der Waals surface area contributed by atoms with E-state index in [-0.39, 0.29) is 17.6 Å². The van der Waals surface area contributed by atoms with E-state index >= 15 is 0 Å². The summed E-state index contributed by atoms with van der Waals surface area (Å²) >= 11 is 0. The first-order valence-electron chi connectivity index (χ1n) is 5.37. The molecule has 1 rings (SSSR count). The molecule has 0 fully saturated rings. The third-order valence-electron chi connectivity index (χ3n) is 1.87. The van der Waals surface area contributed by atoms with Crippen molar-refractivity contribution in [2.75, 3.05) is 11.9 Å². The number of nitrogens with zero attached hydrogens (tertiary/aromatic N) is 3. The van der Waals surface area contributed by atoms with Gasteiger partial charge in [-0.1, -0.05) is 0 Å². The molecule has 2 N–H and O–H groups in total. The van der Waals surface area contributed by atoms with Crippen molar-refractivity contribution >= 4 is 11.7 Å². The lowest BCUT2D eigenvalue weighted by molar-refractivity contribution is -0.121. The van der Waals surface area contributed by atoms with Gasteiger partial charge < -0.3 is 10.6 Å². The summed E-state index contributed by atoms with van der Waals surface area (Å²) in [5, 5.41) is 14.3. The van der Waals surface area contributed by atoms with E-state index in [4.69, 9.17) is 5.26 Å². The van der Waals surface area contributed by atoms with Crippen molar-refractivity contribution in [1.29, 1.82) is 5.26 Å². The highest BCUT2D eigenvalue weighted by atomic mass is 16.1. The Kier molecular flexibility index (Phi) is 4.88. The number of hydrogen-bond donors (Lipinski definition) is 2. The summed E-state index contributed by atoms with van der Waals surface area (Å²) in [6.45, 7) is 4.31. The van der Waals surface area contributed by atoms with Crippen LogP contribution in [0.3, 0.4) is 0 Å². The van der Waals surface area contributed by atoms with Crippen LogP contribution < -0.4 is 10.6 Å². The summed E-state index contributed by atoms with van der Waals surface area (Å²) < 4.78 is 0. The monoisotopic (exact) mass is 233 g/mol. The number of nitriles is 1. The highest BCUT2D eigenvalue weighted by Gasteiger charge is 2.03. The van der Waals surface area contributed by atoms with Gasteiger partial charge in [-0.3, -0.25) is 4.79 Å². The maximum absolute atomic E-state index is 11.3. The second kappa shape index (κ2) is 6.43. The van der Waals surface area contributed by atoms with Gasteiger partial charge in [-0.2, -0.15) is 5.26 Å². The topological polar surface area (TPSA) is 90.7 Å². The van der Waals surface area contributed by atoms with E-state index in [1.807, 2.05) is 19.9 Å². The average molecular weight is 233 g/mol. The van der Waals surface area contributed by atoms with Gasteiger partial charge >= 0.3 is 0 Å². The van der Waals surface area contributed by atoms with Crippen molar-refractivity contribution < 1.29 is 4.79 Å². The maximum atomic E-state index is 11.3. The van der Waals surface area contributed by atoms with Crippen LogP contribution >= 0.6 is 0 Å². The van der Waals surface area contributed by atoms with Crippen LogP contribution in [0.1, 0.15) is 26.0 Å². The minimum absolute atomic E-state index is 0.00546. The number of aromatic nitrogens is 2. The summed E-state index contributed by atoms with van der Waals surface area (Å²) in [6, 6.07) is 2.03. The Morgan fingerprint density at radius 3 is 2.76 bits per heavy atom. The van der Waals surface area contributed by atoms with Gasteiger partial charge in [0.15, 0.2) is 5.69 Å². The normalized spacial score (nSPS) is 9.76. The standard InChI is InChI=1S/C11H15N5O/c1-8(2)16-11(17)3-4-13-10-7-14-9(5-12)6-15-10/h6-8H,3-4H2,1-2H3,(H,13,15)(H,16,17). The number of nitrogens with one attached hydrogen (secondary N) is 2. The van der Waals surface area contributed by atoms with Gasteiger partial charge in [0.2, 0.25) is 5.91 Å². The highest BCUT2D eigenvalue weighted by molar-refractivity contribution is 5.76. The van der Waals surface area contributed by atoms with Crippen LogP contribution in [0.2, 0.25) is 0 Å². The summed E-state index contributed by atoms with van der Waals surface area (Å²) in [5.41, 5.74) is 0.271. The van der Waals surface area contributed by atoms with Crippen molar-refractivity contribution in [2.24, 2.45) is 0 Å². The van der Waals surface area contributed by atoms with Crippen LogP contribution in [0.4, 0.5) is 5.82 Å². The van der Waals surface area contributed by atoms with Gasteiger partial charge in [0.05, 0.1) is 12.4 Å². The van der Waals surface area contributed by atoms with Gasteiger partial charge in [0.1, 0.15) is 11.9 Å². The number of carbonyl (C=O) groups excluding carboxylic acids is 1. The average Bonchev–Trinajstić information content (AvgIpc) is 2.29. The second-order valence-corrected chi connectivity index (χ2v) is 3.80. The predicted molar refractivity (Wildman–Crippen MR) is 63.1 cm³/mol. The van der Waals surface area contributed by atoms with Crippen LogP contribution in [0.25, 0.3) is 0 Å². The first-order valence-corrected chi connectivity index (χ1v) is 5.37. The molecule has 0 saturated heterocycles. The van der Waals surface area contributed by atoms with E-state index < -0.39 is 0 Å². The van der Waals surface area contributed by atoms with Gasteiger partial charge in [0, 0.05) is 19.0 Å². The molecule has 1 aromatic heterocycles. The van der Waals surface area contributed by atoms with Gasteiger partial charge in [-0.15, -0.1) is 0 Å². The first kappa shape index (κ1) is 12.9. The number of anilines is 1. The van der Waals surface area contributed by atoms with E-state index in [1.54, 1.807) is 0 Å². The smallest absolute Gasteiger partial charge is 0.221 e. The Morgan fingerprint density at radius 2 is 2.24 bits per heavy atom. The van der Waals surface area contributed by atoms with Crippen molar-refractivity contribution in [3.8, 4) is 6.07 Å². The predicted octanol–water partition coefficient (Wildman–Crippen LogP) is 0.675. The van der Waals surface area contributed by atoms with Crippen LogP contribution in [-0.4, -0.2) is 28.5 Å². The molecule has 6 heteroatoms. The van der Waals surface area contributed by atoms with Crippen LogP contribution in [0.15, 0.2) is 12.4 Å². The first-order chi connectivity index (χ1) is 8.11. The minimum Gasteiger partial charge on any atom is -0.368 e. The summed E-state index contributed by atoms with van der Waals surface area (Å²) in [5.74, 6) is 0.551. The molecule has 0 aliphatic heterocycles. The lowest BCUT2D eigenvalue weighted by atomic mass is 10.3. The maximum Gasteiger partial charge on any atom is 0.221 e. The Labute approximate surface area is 100 Å². The van der Waals surface area contributed by atoms with Gasteiger partial charge in [-0.05, 0) is 13.8 Å². The molecule has 0 atom stereocenters. The molecule has 1 amide bonds. The molecule has 0 unspecified atom stereocenters. The van der Waals surface area contributed by atoms with Crippen molar-refractivity contribution in [2.45, 2.75) is 26.3 Å². The number of rotatable bonds is 5. The molecule has 0 aromatic carbocycles. The van der Waals surface area contributed by atoms with Gasteiger partial charge in [0.25, 0.3) is 0 Å². The molecule has 0 bridgehead atoms. The number of carbonyl (C=O) groups is 1. The van der Waals surface area contributed by atoms with E-state index in [0.29, 0.717) is 18.8 Å². The fourth-order valence-electron chi connectivity index (χ4n) is 1.18. The van der Waals surface area contributed by atoms with Crippen LogP contribution in [0.5, 0.6) is 0 Å². The third kappa shape index (κ3) is 4.93. The summed E-state index contributed by atoms with van der Waals surface area (Å²) in [6.07, 6.45) is 3.23. The molecule has 0 saturated carbocycles. The molecular weight excluding hydrogens is 218 g/mol. The van der Waals surface area contributed by atoms with Crippen molar-refractivity contribution in [3.05, 3.63) is 18.1 Å². The fourth-order valence-corrected chi connectivity index (χ4v) is 1.18. The van der Waals surface area contributed by atoms with Crippen molar-refractivity contribution in [1.82, 2.24) is 15.3 Å². The SMILES string of the molecule is CC(C)NC(=O)CCNc1cnc(C#N)cn1. The van der Waals surface area contributed by atoms with Crippen molar-refractivity contribution in [3.63, 3.8) is 0 Å². The van der Waals surface area contributed by atoms with E-state index in [0.717, 1.165) is 0 Å². The Bertz CT molecular complexity index is 407. The molecule has 90 valence electrons. The summed E-state index contributed by atoms with van der Waals surface area (Å²) in [4.78, 5) is 19.2. The van der Waals surface area contributed by atoms with E-state index in [2.05, 4.69) is 20.6 Å². The van der Waals surface area contributed by atoms with E-state index in [9.17, 15) is 4.79 Å². The fraction of sp³-hybridized carbons (Fsp3) is 0.455. The molecule has 0 aliphatic rings. The number of hydrogen-bond acceptors (Lipinski definition) is 5. The molecule has 0 spiro atoms. The minimum atomic E-state index is -0.00546. The number of amides is 1. The molecule has 0 aliphatic carbocycles. The lowest BCUT2D eigenvalue weighted by Crippen LogP contribution is -2.31. The van der Waals surface area contributed by atoms with Gasteiger partial charge in [-0.25, -0.2) is 9.97 Å². The highest BCUT2D eigenvalue weighted by Crippen LogP contribution is 1.99. The summed E-state index contributed by atoms with van der Waals surface area (Å²) in [7, 11) is 0. The Balaban J connectivity index is 2.31. The molecule has 1 aromatic rings. The third-order valence-corrected chi connectivity index (χ3v) is 1.87. The molecular formula is C11H15N5O. The lowest BCUT2D eigenvalue weighted by Gasteiger charge is -2.08.